The lowest BCUT2D eigenvalue weighted by atomic mass is 10.3. The van der Waals surface area contributed by atoms with Crippen LogP contribution in [-0.4, -0.2) is 17.4 Å². The maximum Gasteiger partial charge on any atom is 0.244 e. The predicted molar refractivity (Wildman–Crippen MR) is 72.5 cm³/mol. The van der Waals surface area contributed by atoms with Crippen LogP contribution in [0.1, 0.15) is 5.69 Å². The van der Waals surface area contributed by atoms with E-state index >= 15 is 0 Å². The molecule has 4 nitrogen and oxygen atoms in total. The summed E-state index contributed by atoms with van der Waals surface area (Å²) in [5, 5.41) is 5.78. The highest BCUT2D eigenvalue weighted by Gasteiger charge is 2.02. The lowest BCUT2D eigenvalue weighted by Crippen LogP contribution is -2.22. The Balaban J connectivity index is 1.86. The third-order valence-electron chi connectivity index (χ3n) is 2.38. The average molecular weight is 241 g/mol. The molecule has 0 saturated heterocycles. The Labute approximate surface area is 106 Å². The molecule has 0 bridgehead atoms. The summed E-state index contributed by atoms with van der Waals surface area (Å²) < 4.78 is 0. The molecule has 2 rings (SSSR count). The number of nitrogens with zero attached hydrogens (tertiary/aromatic N) is 1. The molecule has 0 aliphatic heterocycles. The summed E-state index contributed by atoms with van der Waals surface area (Å²) in [6, 6.07) is 15.1. The van der Waals surface area contributed by atoms with E-state index in [0.29, 0.717) is 5.82 Å². The fourth-order valence-corrected chi connectivity index (χ4v) is 1.54. The summed E-state index contributed by atoms with van der Waals surface area (Å²) in [5.74, 6) is 0.465. The minimum Gasteiger partial charge on any atom is -0.376 e. The normalized spacial score (nSPS) is 9.83. The van der Waals surface area contributed by atoms with Crippen molar-refractivity contribution in [2.45, 2.75) is 6.92 Å². The zero-order valence-corrected chi connectivity index (χ0v) is 10.2. The first-order chi connectivity index (χ1) is 8.74. The van der Waals surface area contributed by atoms with E-state index in [2.05, 4.69) is 15.6 Å². The van der Waals surface area contributed by atoms with Gasteiger partial charge in [0, 0.05) is 11.4 Å². The highest BCUT2D eigenvalue weighted by Crippen LogP contribution is 2.05. The number of hydrogen-bond acceptors (Lipinski definition) is 3. The Morgan fingerprint density at radius 2 is 1.89 bits per heavy atom. The van der Waals surface area contributed by atoms with Gasteiger partial charge >= 0.3 is 0 Å². The van der Waals surface area contributed by atoms with E-state index in [0.717, 1.165) is 11.4 Å². The quantitative estimate of drug-likeness (QED) is 0.864. The van der Waals surface area contributed by atoms with Crippen molar-refractivity contribution in [2.24, 2.45) is 0 Å². The van der Waals surface area contributed by atoms with Crippen molar-refractivity contribution < 1.29 is 4.79 Å². The molecular weight excluding hydrogens is 226 g/mol. The van der Waals surface area contributed by atoms with Crippen LogP contribution in [0.25, 0.3) is 0 Å². The zero-order chi connectivity index (χ0) is 12.8. The van der Waals surface area contributed by atoms with Gasteiger partial charge in [-0.05, 0) is 31.2 Å². The van der Waals surface area contributed by atoms with Crippen LogP contribution >= 0.6 is 0 Å². The maximum atomic E-state index is 11.7. The molecule has 0 atom stereocenters. The van der Waals surface area contributed by atoms with E-state index in [1.165, 1.54) is 0 Å². The summed E-state index contributed by atoms with van der Waals surface area (Å²) >= 11 is 0. The average Bonchev–Trinajstić information content (AvgIpc) is 2.38. The number of rotatable bonds is 4. The fourth-order valence-electron chi connectivity index (χ4n) is 1.54. The molecule has 0 unspecified atom stereocenters. The lowest BCUT2D eigenvalue weighted by Gasteiger charge is -2.07. The lowest BCUT2D eigenvalue weighted by molar-refractivity contribution is -0.114. The molecule has 1 amide bonds. The number of benzene rings is 1. The van der Waals surface area contributed by atoms with Crippen molar-refractivity contribution >= 4 is 17.4 Å². The van der Waals surface area contributed by atoms with Crippen LogP contribution in [0.15, 0.2) is 48.5 Å². The monoisotopic (exact) mass is 241 g/mol. The fraction of sp³-hybridized carbons (Fsp3) is 0.143. The smallest absolute Gasteiger partial charge is 0.244 e. The number of hydrogen-bond donors (Lipinski definition) is 2. The van der Waals surface area contributed by atoms with Gasteiger partial charge in [0.15, 0.2) is 0 Å². The topological polar surface area (TPSA) is 54.0 Å². The van der Waals surface area contributed by atoms with Crippen molar-refractivity contribution in [3.8, 4) is 0 Å². The molecule has 0 fully saturated rings. The standard InChI is InChI=1S/C14H15N3O/c1-11-6-5-9-13(16-11)17-14(18)10-15-12-7-3-2-4-8-12/h2-9,15H,10H2,1H3,(H,16,17,18). The van der Waals surface area contributed by atoms with Crippen LogP contribution in [0.2, 0.25) is 0 Å². The van der Waals surface area contributed by atoms with Crippen LogP contribution in [-0.2, 0) is 4.79 Å². The van der Waals surface area contributed by atoms with Gasteiger partial charge in [0.05, 0.1) is 6.54 Å². The number of carbonyl (C=O) groups is 1. The van der Waals surface area contributed by atoms with Gasteiger partial charge in [-0.1, -0.05) is 24.3 Å². The molecule has 0 radical (unpaired) electrons. The van der Waals surface area contributed by atoms with Crippen LogP contribution in [0.4, 0.5) is 11.5 Å². The Morgan fingerprint density at radius 3 is 2.61 bits per heavy atom. The van der Waals surface area contributed by atoms with Crippen molar-refractivity contribution in [2.75, 3.05) is 17.2 Å². The van der Waals surface area contributed by atoms with Gasteiger partial charge in [0.1, 0.15) is 5.82 Å². The molecule has 0 spiro atoms. The summed E-state index contributed by atoms with van der Waals surface area (Å²) in [6.45, 7) is 2.11. The highest BCUT2D eigenvalue weighted by molar-refractivity contribution is 5.92. The maximum absolute atomic E-state index is 11.7. The Hall–Kier alpha value is -2.36. The summed E-state index contributed by atoms with van der Waals surface area (Å²) in [4.78, 5) is 15.9. The molecule has 2 N–H and O–H groups in total. The molecule has 0 aliphatic carbocycles. The van der Waals surface area contributed by atoms with Gasteiger partial charge in [-0.25, -0.2) is 4.98 Å². The number of amides is 1. The van der Waals surface area contributed by atoms with Gasteiger partial charge in [-0.15, -0.1) is 0 Å². The van der Waals surface area contributed by atoms with Crippen LogP contribution in [0.3, 0.4) is 0 Å². The first-order valence-corrected chi connectivity index (χ1v) is 5.76. The van der Waals surface area contributed by atoms with Crippen LogP contribution in [0, 0.1) is 6.92 Å². The molecular formula is C14H15N3O. The third kappa shape index (κ3) is 3.59. The Bertz CT molecular complexity index is 526. The van der Waals surface area contributed by atoms with Crippen molar-refractivity contribution in [3.63, 3.8) is 0 Å². The second-order valence-corrected chi connectivity index (χ2v) is 3.93. The summed E-state index contributed by atoms with van der Waals surface area (Å²) in [5.41, 5.74) is 1.80. The first-order valence-electron chi connectivity index (χ1n) is 5.76. The second-order valence-electron chi connectivity index (χ2n) is 3.93. The molecule has 0 aliphatic rings. The van der Waals surface area contributed by atoms with E-state index in [1.807, 2.05) is 49.4 Å². The Morgan fingerprint density at radius 1 is 1.11 bits per heavy atom. The van der Waals surface area contributed by atoms with Gasteiger partial charge in [-0.2, -0.15) is 0 Å². The number of para-hydroxylation sites is 1. The third-order valence-corrected chi connectivity index (χ3v) is 2.38. The van der Waals surface area contributed by atoms with E-state index < -0.39 is 0 Å². The number of pyridine rings is 1. The van der Waals surface area contributed by atoms with Gasteiger partial charge < -0.3 is 10.6 Å². The van der Waals surface area contributed by atoms with Crippen LogP contribution < -0.4 is 10.6 Å². The number of aromatic nitrogens is 1. The van der Waals surface area contributed by atoms with E-state index in [-0.39, 0.29) is 12.5 Å². The van der Waals surface area contributed by atoms with Crippen molar-refractivity contribution in [1.29, 1.82) is 0 Å². The van der Waals surface area contributed by atoms with Gasteiger partial charge in [0.2, 0.25) is 5.91 Å². The van der Waals surface area contributed by atoms with Crippen LogP contribution in [0.5, 0.6) is 0 Å². The van der Waals surface area contributed by atoms with Crippen molar-refractivity contribution in [1.82, 2.24) is 4.98 Å². The van der Waals surface area contributed by atoms with Crippen molar-refractivity contribution in [3.05, 3.63) is 54.2 Å². The highest BCUT2D eigenvalue weighted by atomic mass is 16.1. The predicted octanol–water partition coefficient (Wildman–Crippen LogP) is 2.44. The summed E-state index contributed by atoms with van der Waals surface area (Å²) in [7, 11) is 0. The number of carbonyl (C=O) groups excluding carboxylic acids is 1. The first kappa shape index (κ1) is 12.1. The van der Waals surface area contributed by atoms with Gasteiger partial charge in [-0.3, -0.25) is 4.79 Å². The minimum absolute atomic E-state index is 0.114. The SMILES string of the molecule is Cc1cccc(NC(=O)CNc2ccccc2)n1. The minimum atomic E-state index is -0.114. The molecule has 92 valence electrons. The number of aryl methyl sites for hydroxylation is 1. The molecule has 1 aromatic carbocycles. The van der Waals surface area contributed by atoms with E-state index in [1.54, 1.807) is 6.07 Å². The molecule has 4 heteroatoms. The second kappa shape index (κ2) is 5.82. The summed E-state index contributed by atoms with van der Waals surface area (Å²) in [6.07, 6.45) is 0. The Kier molecular flexibility index (Phi) is 3.91. The molecule has 1 aromatic heterocycles. The number of nitrogens with one attached hydrogen (secondary N) is 2. The molecule has 18 heavy (non-hydrogen) atoms. The van der Waals surface area contributed by atoms with E-state index in [4.69, 9.17) is 0 Å². The zero-order valence-electron chi connectivity index (χ0n) is 10.2. The molecule has 2 aromatic rings. The largest absolute Gasteiger partial charge is 0.376 e. The molecule has 0 saturated carbocycles. The molecule has 1 heterocycles. The van der Waals surface area contributed by atoms with Gasteiger partial charge in [0.25, 0.3) is 0 Å². The van der Waals surface area contributed by atoms with E-state index in [9.17, 15) is 4.79 Å². The number of anilines is 2.